The van der Waals surface area contributed by atoms with Crippen LogP contribution in [0.2, 0.25) is 0 Å². The molecule has 0 saturated heterocycles. The number of nitrogens with zero attached hydrogens (tertiary/aromatic N) is 2. The van der Waals surface area contributed by atoms with Crippen LogP contribution < -0.4 is 43.0 Å². The third-order valence-corrected chi connectivity index (χ3v) is 8.03. The number of carboxylic acids is 2. The van der Waals surface area contributed by atoms with Gasteiger partial charge in [-0.15, -0.1) is 0 Å². The van der Waals surface area contributed by atoms with Crippen LogP contribution in [0.25, 0.3) is 0 Å². The first-order valence-electron chi connectivity index (χ1n) is 18.4. The van der Waals surface area contributed by atoms with Crippen molar-refractivity contribution in [3.63, 3.8) is 0 Å². The molecule has 0 aliphatic carbocycles. The number of hydrogen-bond acceptors (Lipinski definition) is 12. The molecule has 306 valence electrons. The van der Waals surface area contributed by atoms with Crippen LogP contribution in [0, 0.1) is 0 Å². The zero-order chi connectivity index (χ0) is 40.2. The second-order valence-electron chi connectivity index (χ2n) is 13.5. The van der Waals surface area contributed by atoms with E-state index in [0.29, 0.717) is 25.8 Å². The van der Waals surface area contributed by atoms with Crippen molar-refractivity contribution >= 4 is 41.5 Å². The Labute approximate surface area is 313 Å². The summed E-state index contributed by atoms with van der Waals surface area (Å²) in [6.07, 6.45) is 4.20. The summed E-state index contributed by atoms with van der Waals surface area (Å²) in [6, 6.07) is -4.71. The average molecular weight is 759 g/mol. The van der Waals surface area contributed by atoms with E-state index in [1.807, 2.05) is 33.1 Å². The van der Waals surface area contributed by atoms with Crippen molar-refractivity contribution < 1.29 is 43.8 Å². The van der Waals surface area contributed by atoms with E-state index in [2.05, 4.69) is 42.1 Å². The fourth-order valence-electron chi connectivity index (χ4n) is 5.05. The minimum Gasteiger partial charge on any atom is -0.481 e. The van der Waals surface area contributed by atoms with E-state index in [1.165, 1.54) is 6.92 Å². The molecule has 53 heavy (non-hydrogen) atoms. The highest BCUT2D eigenvalue weighted by Gasteiger charge is 2.30. The van der Waals surface area contributed by atoms with Crippen LogP contribution in [0.4, 0.5) is 0 Å². The van der Waals surface area contributed by atoms with Crippen molar-refractivity contribution in [2.24, 2.45) is 5.73 Å². The third-order valence-electron chi connectivity index (χ3n) is 8.03. The van der Waals surface area contributed by atoms with Crippen molar-refractivity contribution in [3.05, 3.63) is 0 Å². The Morgan fingerprint density at radius 3 is 1.62 bits per heavy atom. The largest absolute Gasteiger partial charge is 0.481 e. The number of amides is 5. The number of unbranched alkanes of at least 4 members (excludes halogenated alkanes) is 2. The Bertz CT molecular complexity index is 1130. The zero-order valence-corrected chi connectivity index (χ0v) is 32.3. The van der Waals surface area contributed by atoms with E-state index in [9.17, 15) is 38.7 Å². The highest BCUT2D eigenvalue weighted by atomic mass is 16.4. The molecule has 0 aromatic heterocycles. The molecule has 19 nitrogen and oxygen atoms in total. The van der Waals surface area contributed by atoms with E-state index in [-0.39, 0.29) is 25.8 Å². The first-order valence-corrected chi connectivity index (χ1v) is 18.4. The number of nitrogens with one attached hydrogen (secondary N) is 7. The number of carbonyl (C=O) groups is 7. The summed E-state index contributed by atoms with van der Waals surface area (Å²) >= 11 is 0. The monoisotopic (exact) mass is 759 g/mol. The zero-order valence-electron chi connectivity index (χ0n) is 32.3. The molecule has 19 heteroatoms. The van der Waals surface area contributed by atoms with E-state index < -0.39 is 78.6 Å². The molecular formula is C34H66N10O9. The highest BCUT2D eigenvalue weighted by Crippen LogP contribution is 2.07. The van der Waals surface area contributed by atoms with Gasteiger partial charge in [0, 0.05) is 6.42 Å². The molecular weight excluding hydrogens is 692 g/mol. The van der Waals surface area contributed by atoms with Crippen molar-refractivity contribution in [2.45, 2.75) is 95.3 Å². The van der Waals surface area contributed by atoms with Crippen molar-refractivity contribution in [3.8, 4) is 0 Å². The van der Waals surface area contributed by atoms with E-state index in [0.717, 1.165) is 52.0 Å². The van der Waals surface area contributed by atoms with Gasteiger partial charge in [0.05, 0.1) is 6.54 Å². The van der Waals surface area contributed by atoms with Gasteiger partial charge < -0.3 is 63.0 Å². The number of carbonyl (C=O) groups excluding carboxylic acids is 5. The van der Waals surface area contributed by atoms with Gasteiger partial charge in [0.15, 0.2) is 0 Å². The summed E-state index contributed by atoms with van der Waals surface area (Å²) in [5, 5.41) is 37.3. The smallest absolute Gasteiger partial charge is 0.322 e. The van der Waals surface area contributed by atoms with Crippen molar-refractivity contribution in [2.75, 3.05) is 80.5 Å². The molecule has 0 fully saturated rings. The lowest BCUT2D eigenvalue weighted by atomic mass is 10.1. The molecule has 0 bridgehead atoms. The van der Waals surface area contributed by atoms with Crippen LogP contribution in [-0.2, 0) is 33.6 Å². The second-order valence-corrected chi connectivity index (χ2v) is 13.5. The summed E-state index contributed by atoms with van der Waals surface area (Å²) in [5.41, 5.74) is 5.45. The summed E-state index contributed by atoms with van der Waals surface area (Å²) in [5.74, 6) is -6.08. The number of aliphatic carboxylic acids is 2. The molecule has 0 aliphatic heterocycles. The summed E-state index contributed by atoms with van der Waals surface area (Å²) in [4.78, 5) is 90.9. The second kappa shape index (κ2) is 29.5. The molecule has 4 atom stereocenters. The van der Waals surface area contributed by atoms with Crippen LogP contribution in [0.15, 0.2) is 0 Å². The van der Waals surface area contributed by atoms with E-state index in [4.69, 9.17) is 10.8 Å². The lowest BCUT2D eigenvalue weighted by Crippen LogP contribution is -2.58. The standard InChI is InChI=1S/C34H66N10O9/c1-24(39-33(52)26(40-28(45)22-35)12-6-8-16-36-17-10-18-37-19-11-21-44(4)5)31(50)41-27(14-15-29(46)47)34(53)42-25(13-7-9-20-43(2)3)32(51)38-23-30(48)49/h24-27,36-37H,6-23,35H2,1-5H3,(H,38,51)(H,39,52)(H,40,45)(H,41,50)(H,42,53)(H,46,47)(H,48,49)/t24-,25-,26-,27-/m0/s1. The fraction of sp³-hybridized carbons (Fsp3) is 0.794. The van der Waals surface area contributed by atoms with Crippen molar-refractivity contribution in [1.82, 2.24) is 47.0 Å². The summed E-state index contributed by atoms with van der Waals surface area (Å²) in [7, 11) is 7.85. The molecule has 0 radical (unpaired) electrons. The third kappa shape index (κ3) is 26.5. The first-order chi connectivity index (χ1) is 25.1. The maximum Gasteiger partial charge on any atom is 0.322 e. The van der Waals surface area contributed by atoms with Crippen LogP contribution in [0.5, 0.6) is 0 Å². The normalized spacial score (nSPS) is 13.4. The Kier molecular flexibility index (Phi) is 27.4. The minimum atomic E-state index is -1.39. The quantitative estimate of drug-likeness (QED) is 0.0315. The number of rotatable bonds is 32. The number of carboxylic acid groups (broad SMARTS) is 2. The molecule has 11 N–H and O–H groups in total. The van der Waals surface area contributed by atoms with Gasteiger partial charge in [-0.2, -0.15) is 0 Å². The van der Waals surface area contributed by atoms with Gasteiger partial charge >= 0.3 is 11.9 Å². The maximum absolute atomic E-state index is 13.3. The van der Waals surface area contributed by atoms with Crippen LogP contribution in [0.1, 0.15) is 71.1 Å². The predicted octanol–water partition coefficient (Wildman–Crippen LogP) is -2.61. The molecule has 0 rings (SSSR count). The Balaban J connectivity index is 5.26. The molecule has 0 spiro atoms. The van der Waals surface area contributed by atoms with Crippen LogP contribution in [-0.4, -0.2) is 166 Å². The molecule has 0 aliphatic rings. The predicted molar refractivity (Wildman–Crippen MR) is 200 cm³/mol. The summed E-state index contributed by atoms with van der Waals surface area (Å²) in [6.45, 7) is 5.54. The average Bonchev–Trinajstić information content (AvgIpc) is 3.09. The Morgan fingerprint density at radius 1 is 0.566 bits per heavy atom. The highest BCUT2D eigenvalue weighted by molar-refractivity contribution is 5.95. The SMILES string of the molecule is C[C@H](NC(=O)[C@H](CCCCNCCCNCCCN(C)C)NC(=O)CN)C(=O)N[C@@H](CCC(=O)O)C(=O)N[C@@H](CCCCN(C)C)C(=O)NCC(=O)O. The lowest BCUT2D eigenvalue weighted by molar-refractivity contribution is -0.139. The molecule has 0 unspecified atom stereocenters. The maximum atomic E-state index is 13.3. The van der Waals surface area contributed by atoms with Gasteiger partial charge in [-0.05, 0) is 132 Å². The molecule has 0 saturated carbocycles. The molecule has 0 aromatic rings. The number of nitrogens with two attached hydrogens (primary N) is 1. The lowest BCUT2D eigenvalue weighted by Gasteiger charge is -2.25. The van der Waals surface area contributed by atoms with Gasteiger partial charge in [-0.1, -0.05) is 0 Å². The first kappa shape index (κ1) is 49.1. The summed E-state index contributed by atoms with van der Waals surface area (Å²) < 4.78 is 0. The van der Waals surface area contributed by atoms with Gasteiger partial charge in [-0.3, -0.25) is 33.6 Å². The molecule has 5 amide bonds. The molecule has 0 aromatic carbocycles. The van der Waals surface area contributed by atoms with Gasteiger partial charge in [0.1, 0.15) is 30.7 Å². The Hall–Kier alpha value is -3.91. The van der Waals surface area contributed by atoms with Crippen molar-refractivity contribution in [1.29, 1.82) is 0 Å². The molecule has 0 heterocycles. The Morgan fingerprint density at radius 2 is 1.06 bits per heavy atom. The van der Waals surface area contributed by atoms with Crippen LogP contribution >= 0.6 is 0 Å². The van der Waals surface area contributed by atoms with E-state index >= 15 is 0 Å². The van der Waals surface area contributed by atoms with Gasteiger partial charge in [0.25, 0.3) is 0 Å². The van der Waals surface area contributed by atoms with Gasteiger partial charge in [-0.25, -0.2) is 0 Å². The van der Waals surface area contributed by atoms with Crippen LogP contribution in [0.3, 0.4) is 0 Å². The fourth-order valence-corrected chi connectivity index (χ4v) is 5.05. The van der Waals surface area contributed by atoms with Gasteiger partial charge in [0.2, 0.25) is 29.5 Å². The topological polar surface area (TPSA) is 277 Å². The van der Waals surface area contributed by atoms with E-state index in [1.54, 1.807) is 0 Å². The minimum absolute atomic E-state index is 0.165. The number of hydrogen-bond donors (Lipinski definition) is 10.